The van der Waals surface area contributed by atoms with E-state index in [0.717, 1.165) is 12.2 Å². The van der Waals surface area contributed by atoms with Crippen molar-refractivity contribution in [3.63, 3.8) is 0 Å². The van der Waals surface area contributed by atoms with Crippen LogP contribution in [0.4, 0.5) is 9.59 Å². The van der Waals surface area contributed by atoms with E-state index in [4.69, 9.17) is 18.9 Å². The summed E-state index contributed by atoms with van der Waals surface area (Å²) in [5.74, 6) is -1.59. The average Bonchev–Trinajstić information content (AvgIpc) is 2.54. The summed E-state index contributed by atoms with van der Waals surface area (Å²) >= 11 is 0. The Kier molecular flexibility index (Phi) is 12.1. The molecule has 2 amide bonds. The standard InChI is InChI=1S/C18H30N2O8/c1-11(2)19-17(23)27-13(5)9-25-15(21)7-8-16(22)26-10-14(6)28-18(24)20-12(3)4/h7-8,11-14H,9-10H2,1-6H3,(H,19,23)(H,20,24)/b8-7+/t13-,14-/m1/s1. The molecule has 160 valence electrons. The van der Waals surface area contributed by atoms with Crippen molar-refractivity contribution in [3.05, 3.63) is 12.2 Å². The van der Waals surface area contributed by atoms with E-state index in [9.17, 15) is 19.2 Å². The van der Waals surface area contributed by atoms with E-state index in [1.54, 1.807) is 41.5 Å². The lowest BCUT2D eigenvalue weighted by molar-refractivity contribution is -0.143. The van der Waals surface area contributed by atoms with Gasteiger partial charge in [0.05, 0.1) is 0 Å². The van der Waals surface area contributed by atoms with Crippen LogP contribution in [0.5, 0.6) is 0 Å². The number of nitrogens with one attached hydrogen (secondary N) is 2. The van der Waals surface area contributed by atoms with Crippen LogP contribution < -0.4 is 10.6 Å². The number of rotatable bonds is 10. The van der Waals surface area contributed by atoms with Gasteiger partial charge in [-0.15, -0.1) is 0 Å². The zero-order valence-electron chi connectivity index (χ0n) is 17.1. The number of alkyl carbamates (subject to hydrolysis) is 2. The van der Waals surface area contributed by atoms with E-state index in [2.05, 4.69) is 10.6 Å². The van der Waals surface area contributed by atoms with Crippen LogP contribution in [-0.4, -0.2) is 61.6 Å². The van der Waals surface area contributed by atoms with Crippen LogP contribution in [0.2, 0.25) is 0 Å². The number of esters is 2. The maximum Gasteiger partial charge on any atom is 0.407 e. The van der Waals surface area contributed by atoms with Crippen LogP contribution in [0, 0.1) is 0 Å². The second kappa shape index (κ2) is 13.4. The molecule has 0 saturated heterocycles. The second-order valence-corrected chi connectivity index (χ2v) is 6.62. The van der Waals surface area contributed by atoms with Gasteiger partial charge in [-0.25, -0.2) is 19.2 Å². The van der Waals surface area contributed by atoms with Gasteiger partial charge in [0.15, 0.2) is 0 Å². The summed E-state index contributed by atoms with van der Waals surface area (Å²) in [5.41, 5.74) is 0. The first kappa shape index (κ1) is 25.2. The summed E-state index contributed by atoms with van der Waals surface area (Å²) in [6.07, 6.45) is -0.760. The van der Waals surface area contributed by atoms with Crippen molar-refractivity contribution in [1.29, 1.82) is 0 Å². The van der Waals surface area contributed by atoms with Gasteiger partial charge in [0.25, 0.3) is 0 Å². The Morgan fingerprint density at radius 3 is 1.29 bits per heavy atom. The van der Waals surface area contributed by atoms with Gasteiger partial charge in [0.1, 0.15) is 25.4 Å². The summed E-state index contributed by atoms with van der Waals surface area (Å²) in [4.78, 5) is 45.9. The van der Waals surface area contributed by atoms with Crippen LogP contribution >= 0.6 is 0 Å². The number of carbonyl (C=O) groups excluding carboxylic acids is 4. The highest BCUT2D eigenvalue weighted by Crippen LogP contribution is 1.97. The summed E-state index contributed by atoms with van der Waals surface area (Å²) in [6.45, 7) is 9.90. The second-order valence-electron chi connectivity index (χ2n) is 6.62. The molecular formula is C18H30N2O8. The van der Waals surface area contributed by atoms with Gasteiger partial charge in [-0.2, -0.15) is 0 Å². The van der Waals surface area contributed by atoms with Gasteiger partial charge >= 0.3 is 24.1 Å². The van der Waals surface area contributed by atoms with Gasteiger partial charge < -0.3 is 29.6 Å². The van der Waals surface area contributed by atoms with Gasteiger partial charge in [-0.05, 0) is 41.5 Å². The minimum absolute atomic E-state index is 0.0751. The lowest BCUT2D eigenvalue weighted by Gasteiger charge is -2.15. The number of ether oxygens (including phenoxy) is 4. The van der Waals surface area contributed by atoms with Crippen LogP contribution in [0.3, 0.4) is 0 Å². The average molecular weight is 402 g/mol. The largest absolute Gasteiger partial charge is 0.459 e. The molecule has 0 aromatic carbocycles. The molecular weight excluding hydrogens is 372 g/mol. The Balaban J connectivity index is 4.08. The van der Waals surface area contributed by atoms with Crippen molar-refractivity contribution in [1.82, 2.24) is 10.6 Å². The van der Waals surface area contributed by atoms with E-state index in [1.165, 1.54) is 0 Å². The SMILES string of the molecule is CC(C)NC(=O)O[C@H](C)COC(=O)/C=C/C(=O)OC[C@@H](C)OC(=O)NC(C)C. The lowest BCUT2D eigenvalue weighted by Crippen LogP contribution is -2.34. The van der Waals surface area contributed by atoms with E-state index in [-0.39, 0.29) is 25.3 Å². The molecule has 0 aliphatic heterocycles. The molecule has 0 heterocycles. The third-order valence-electron chi connectivity index (χ3n) is 2.71. The van der Waals surface area contributed by atoms with E-state index in [0.29, 0.717) is 0 Å². The molecule has 0 rings (SSSR count). The molecule has 0 saturated carbocycles. The molecule has 28 heavy (non-hydrogen) atoms. The first-order valence-corrected chi connectivity index (χ1v) is 8.95. The minimum atomic E-state index is -0.794. The smallest absolute Gasteiger partial charge is 0.407 e. The first-order chi connectivity index (χ1) is 13.0. The molecule has 0 aliphatic rings. The van der Waals surface area contributed by atoms with E-state index in [1.807, 2.05) is 0 Å². The van der Waals surface area contributed by atoms with Crippen molar-refractivity contribution in [2.24, 2.45) is 0 Å². The Bertz CT molecular complexity index is 512. The van der Waals surface area contributed by atoms with Gasteiger partial charge in [-0.3, -0.25) is 0 Å². The fourth-order valence-electron chi connectivity index (χ4n) is 1.60. The monoisotopic (exact) mass is 402 g/mol. The van der Waals surface area contributed by atoms with E-state index >= 15 is 0 Å². The molecule has 2 N–H and O–H groups in total. The Hall–Kier alpha value is -2.78. The first-order valence-electron chi connectivity index (χ1n) is 8.95. The van der Waals surface area contributed by atoms with Crippen LogP contribution in [0.15, 0.2) is 12.2 Å². The predicted octanol–water partition coefficient (Wildman–Crippen LogP) is 1.68. The third-order valence-corrected chi connectivity index (χ3v) is 2.71. The molecule has 0 aliphatic carbocycles. The van der Waals surface area contributed by atoms with Crippen molar-refractivity contribution in [3.8, 4) is 0 Å². The summed E-state index contributed by atoms with van der Waals surface area (Å²) in [5, 5.41) is 5.07. The van der Waals surface area contributed by atoms with Crippen molar-refractivity contribution < 1.29 is 38.1 Å². The molecule has 0 radical (unpaired) electrons. The van der Waals surface area contributed by atoms with Crippen molar-refractivity contribution >= 4 is 24.1 Å². The number of hydrogen-bond acceptors (Lipinski definition) is 8. The maximum absolute atomic E-state index is 11.6. The molecule has 0 fully saturated rings. The molecule has 0 spiro atoms. The number of amides is 2. The van der Waals surface area contributed by atoms with Gasteiger partial charge in [0.2, 0.25) is 0 Å². The highest BCUT2D eigenvalue weighted by atomic mass is 16.6. The minimum Gasteiger partial charge on any atom is -0.459 e. The topological polar surface area (TPSA) is 129 Å². The zero-order chi connectivity index (χ0) is 21.7. The molecule has 0 aromatic rings. The number of carbonyl (C=O) groups is 4. The zero-order valence-corrected chi connectivity index (χ0v) is 17.1. The van der Waals surface area contributed by atoms with Crippen molar-refractivity contribution in [2.75, 3.05) is 13.2 Å². The molecule has 0 bridgehead atoms. The Morgan fingerprint density at radius 2 is 1.00 bits per heavy atom. The Labute approximate surface area is 164 Å². The fraction of sp³-hybridized carbons (Fsp3) is 0.667. The lowest BCUT2D eigenvalue weighted by atomic mass is 10.4. The van der Waals surface area contributed by atoms with Crippen LogP contribution in [0.25, 0.3) is 0 Å². The fourth-order valence-corrected chi connectivity index (χ4v) is 1.60. The normalized spacial score (nSPS) is 13.0. The van der Waals surface area contributed by atoms with Gasteiger partial charge in [-0.1, -0.05) is 0 Å². The molecule has 10 heteroatoms. The van der Waals surface area contributed by atoms with Gasteiger partial charge in [0, 0.05) is 24.2 Å². The van der Waals surface area contributed by atoms with Crippen LogP contribution in [0.1, 0.15) is 41.5 Å². The predicted molar refractivity (Wildman–Crippen MR) is 99.5 cm³/mol. The van der Waals surface area contributed by atoms with E-state index < -0.39 is 36.3 Å². The summed E-state index contributed by atoms with van der Waals surface area (Å²) < 4.78 is 19.7. The molecule has 0 aromatic heterocycles. The highest BCUT2D eigenvalue weighted by molar-refractivity contribution is 5.91. The summed E-state index contributed by atoms with van der Waals surface area (Å²) in [6, 6.07) is -0.150. The number of hydrogen-bond donors (Lipinski definition) is 2. The van der Waals surface area contributed by atoms with Crippen LogP contribution in [-0.2, 0) is 28.5 Å². The molecule has 2 atom stereocenters. The molecule has 0 unspecified atom stereocenters. The quantitative estimate of drug-likeness (QED) is 0.321. The highest BCUT2D eigenvalue weighted by Gasteiger charge is 2.13. The third kappa shape index (κ3) is 14.4. The van der Waals surface area contributed by atoms with Crippen molar-refractivity contribution in [2.45, 2.75) is 65.8 Å². The molecule has 10 nitrogen and oxygen atoms in total. The Morgan fingerprint density at radius 1 is 0.679 bits per heavy atom. The maximum atomic E-state index is 11.6. The summed E-state index contributed by atoms with van der Waals surface area (Å²) in [7, 11) is 0.